The number of fused-ring (bicyclic) bond motifs is 1. The van der Waals surface area contributed by atoms with E-state index in [9.17, 15) is 4.79 Å². The average Bonchev–Trinajstić information content (AvgIpc) is 2.95. The van der Waals surface area contributed by atoms with Crippen molar-refractivity contribution in [3.63, 3.8) is 0 Å². The van der Waals surface area contributed by atoms with Gasteiger partial charge >= 0.3 is 0 Å². The van der Waals surface area contributed by atoms with Crippen LogP contribution in [0, 0.1) is 0 Å². The first-order chi connectivity index (χ1) is 19.0. The fourth-order valence-electron chi connectivity index (χ4n) is 4.71. The molecule has 4 heterocycles. The number of anilines is 2. The van der Waals surface area contributed by atoms with Crippen LogP contribution in [0.25, 0.3) is 10.9 Å². The average molecular weight is 557 g/mol. The zero-order chi connectivity index (χ0) is 27.2. The zero-order valence-corrected chi connectivity index (χ0v) is 22.9. The van der Waals surface area contributed by atoms with E-state index in [4.69, 9.17) is 30.5 Å². The monoisotopic (exact) mass is 556 g/mol. The Kier molecular flexibility index (Phi) is 8.80. The summed E-state index contributed by atoms with van der Waals surface area (Å²) in [6.07, 6.45) is 4.61. The molecule has 2 aliphatic heterocycles. The van der Waals surface area contributed by atoms with E-state index >= 15 is 0 Å². The summed E-state index contributed by atoms with van der Waals surface area (Å²) in [5.41, 5.74) is 1.28. The van der Waals surface area contributed by atoms with Crippen molar-refractivity contribution in [1.29, 1.82) is 0 Å². The van der Waals surface area contributed by atoms with Crippen molar-refractivity contribution in [2.75, 3.05) is 65.0 Å². The van der Waals surface area contributed by atoms with Crippen LogP contribution in [0.5, 0.6) is 17.4 Å². The third-order valence-corrected chi connectivity index (χ3v) is 7.22. The smallest absolute Gasteiger partial charge is 0.219 e. The number of pyridine rings is 1. The predicted molar refractivity (Wildman–Crippen MR) is 147 cm³/mol. The van der Waals surface area contributed by atoms with Crippen LogP contribution in [0.3, 0.4) is 0 Å². The molecule has 5 rings (SSSR count). The lowest BCUT2D eigenvalue weighted by Crippen LogP contribution is -2.48. The first kappa shape index (κ1) is 27.2. The van der Waals surface area contributed by atoms with E-state index in [0.29, 0.717) is 59.2 Å². The van der Waals surface area contributed by atoms with Crippen LogP contribution >= 0.6 is 11.6 Å². The van der Waals surface area contributed by atoms with Crippen molar-refractivity contribution in [1.82, 2.24) is 24.8 Å². The number of rotatable bonds is 9. The fourth-order valence-corrected chi connectivity index (χ4v) is 4.86. The van der Waals surface area contributed by atoms with Crippen LogP contribution in [0.4, 0.5) is 11.5 Å². The number of ether oxygens (including phenoxy) is 4. The lowest BCUT2D eigenvalue weighted by atomic mass is 10.1. The van der Waals surface area contributed by atoms with Crippen LogP contribution in [0.15, 0.2) is 30.7 Å². The van der Waals surface area contributed by atoms with Crippen LogP contribution in [-0.2, 0) is 9.53 Å². The maximum atomic E-state index is 11.6. The Hall–Kier alpha value is -3.41. The minimum absolute atomic E-state index is 0.00688. The van der Waals surface area contributed by atoms with E-state index in [1.165, 1.54) is 12.5 Å². The molecule has 0 aliphatic carbocycles. The molecule has 0 bridgehead atoms. The molecule has 3 aromatic rings. The van der Waals surface area contributed by atoms with E-state index in [-0.39, 0.29) is 12.0 Å². The molecule has 1 aromatic carbocycles. The molecular formula is C27H33ClN6O5. The van der Waals surface area contributed by atoms with Crippen molar-refractivity contribution >= 4 is 39.9 Å². The number of aromatic nitrogens is 3. The van der Waals surface area contributed by atoms with E-state index in [1.807, 2.05) is 17.0 Å². The summed E-state index contributed by atoms with van der Waals surface area (Å²) < 4.78 is 23.4. The number of hydrogen-bond acceptors (Lipinski definition) is 10. The normalized spacial score (nSPS) is 16.7. The summed E-state index contributed by atoms with van der Waals surface area (Å²) in [5.74, 6) is 2.40. The Morgan fingerprint density at radius 3 is 2.67 bits per heavy atom. The van der Waals surface area contributed by atoms with Gasteiger partial charge in [-0.25, -0.2) is 15.0 Å². The molecule has 1 amide bonds. The van der Waals surface area contributed by atoms with Gasteiger partial charge in [-0.15, -0.1) is 0 Å². The van der Waals surface area contributed by atoms with Gasteiger partial charge < -0.3 is 29.2 Å². The number of halogens is 1. The number of benzene rings is 1. The molecule has 0 spiro atoms. The predicted octanol–water partition coefficient (Wildman–Crippen LogP) is 3.53. The summed E-state index contributed by atoms with van der Waals surface area (Å²) in [7, 11) is 1.55. The van der Waals surface area contributed by atoms with Gasteiger partial charge in [0.15, 0.2) is 0 Å². The topological polar surface area (TPSA) is 111 Å². The number of nitrogens with one attached hydrogen (secondary N) is 1. The lowest BCUT2D eigenvalue weighted by Gasteiger charge is -2.34. The largest absolute Gasteiger partial charge is 0.492 e. The standard InChI is InChI=1S/C27H33ClN6O5/c1-18(35)34-7-5-33(6-8-34)9-12-38-20-13-23-26(24(14-20)39-19-3-10-37-11-4-19)27(31-17-30-23)32-22-15-25(36-2)29-16-21(22)28/h13-17,19H,3-12H2,1-2H3,(H,29,30,31,32). The molecule has 208 valence electrons. The molecule has 2 saturated heterocycles. The van der Waals surface area contributed by atoms with Crippen molar-refractivity contribution in [2.24, 2.45) is 0 Å². The van der Waals surface area contributed by atoms with Crippen molar-refractivity contribution in [2.45, 2.75) is 25.9 Å². The van der Waals surface area contributed by atoms with Gasteiger partial charge in [0.2, 0.25) is 11.8 Å². The number of hydrogen-bond donors (Lipinski definition) is 1. The summed E-state index contributed by atoms with van der Waals surface area (Å²) >= 11 is 6.41. The molecular weight excluding hydrogens is 524 g/mol. The highest BCUT2D eigenvalue weighted by Crippen LogP contribution is 2.38. The summed E-state index contributed by atoms with van der Waals surface area (Å²) in [6.45, 7) is 7.36. The number of amides is 1. The quantitative estimate of drug-likeness (QED) is 0.420. The van der Waals surface area contributed by atoms with Crippen LogP contribution in [-0.4, -0.2) is 96.4 Å². The first-order valence-corrected chi connectivity index (χ1v) is 13.5. The minimum Gasteiger partial charge on any atom is -0.492 e. The molecule has 2 aliphatic rings. The molecule has 39 heavy (non-hydrogen) atoms. The molecule has 12 heteroatoms. The second-order valence-corrected chi connectivity index (χ2v) is 9.90. The third-order valence-electron chi connectivity index (χ3n) is 6.92. The van der Waals surface area contributed by atoms with Gasteiger partial charge in [0.25, 0.3) is 0 Å². The molecule has 11 nitrogen and oxygen atoms in total. The van der Waals surface area contributed by atoms with Gasteiger partial charge in [-0.2, -0.15) is 0 Å². The van der Waals surface area contributed by atoms with Crippen molar-refractivity contribution in [3.05, 3.63) is 35.7 Å². The Labute approximate surface area is 232 Å². The highest BCUT2D eigenvalue weighted by atomic mass is 35.5. The molecule has 1 N–H and O–H groups in total. The number of carbonyl (C=O) groups is 1. The number of carbonyl (C=O) groups excluding carboxylic acids is 1. The second kappa shape index (κ2) is 12.6. The van der Waals surface area contributed by atoms with Crippen molar-refractivity contribution < 1.29 is 23.7 Å². The Morgan fingerprint density at radius 2 is 1.92 bits per heavy atom. The first-order valence-electron chi connectivity index (χ1n) is 13.1. The highest BCUT2D eigenvalue weighted by Gasteiger charge is 2.21. The second-order valence-electron chi connectivity index (χ2n) is 9.50. The van der Waals surface area contributed by atoms with Gasteiger partial charge in [0, 0.05) is 70.7 Å². The summed E-state index contributed by atoms with van der Waals surface area (Å²) in [6, 6.07) is 5.50. The van der Waals surface area contributed by atoms with Crippen molar-refractivity contribution in [3.8, 4) is 17.4 Å². The summed E-state index contributed by atoms with van der Waals surface area (Å²) in [4.78, 5) is 28.9. The molecule has 0 atom stereocenters. The fraction of sp³-hybridized carbons (Fsp3) is 0.481. The molecule has 0 saturated carbocycles. The maximum Gasteiger partial charge on any atom is 0.219 e. The van der Waals surface area contributed by atoms with Gasteiger partial charge in [-0.05, 0) is 0 Å². The minimum atomic E-state index is 0.00688. The number of nitrogens with zero attached hydrogens (tertiary/aromatic N) is 5. The van der Waals surface area contributed by atoms with Crippen LogP contribution in [0.2, 0.25) is 5.02 Å². The lowest BCUT2D eigenvalue weighted by molar-refractivity contribution is -0.130. The third kappa shape index (κ3) is 6.78. The SMILES string of the molecule is COc1cc(Nc2ncnc3cc(OCCN4CCN(C(C)=O)CC4)cc(OC4CCOCC4)c23)c(Cl)cn1. The molecule has 0 radical (unpaired) electrons. The Morgan fingerprint density at radius 1 is 1.13 bits per heavy atom. The molecule has 0 unspecified atom stereocenters. The number of piperazine rings is 1. The van der Waals surface area contributed by atoms with Gasteiger partial charge in [0.05, 0.1) is 48.1 Å². The Balaban J connectivity index is 1.37. The summed E-state index contributed by atoms with van der Waals surface area (Å²) in [5, 5.41) is 4.46. The van der Waals surface area contributed by atoms with Crippen LogP contribution < -0.4 is 19.5 Å². The highest BCUT2D eigenvalue weighted by molar-refractivity contribution is 6.33. The van der Waals surface area contributed by atoms with E-state index in [2.05, 4.69) is 25.2 Å². The zero-order valence-electron chi connectivity index (χ0n) is 22.2. The van der Waals surface area contributed by atoms with Crippen LogP contribution in [0.1, 0.15) is 19.8 Å². The Bertz CT molecular complexity index is 1300. The number of methoxy groups -OCH3 is 1. The maximum absolute atomic E-state index is 11.6. The van der Waals surface area contributed by atoms with Gasteiger partial charge in [0.1, 0.15) is 36.4 Å². The van der Waals surface area contributed by atoms with E-state index in [1.54, 1.807) is 20.1 Å². The molecule has 2 fully saturated rings. The van der Waals surface area contributed by atoms with Gasteiger partial charge in [-0.3, -0.25) is 9.69 Å². The van der Waals surface area contributed by atoms with Gasteiger partial charge in [-0.1, -0.05) is 11.6 Å². The molecule has 2 aromatic heterocycles. The van der Waals surface area contributed by atoms with E-state index in [0.717, 1.165) is 51.0 Å². The van der Waals surface area contributed by atoms with E-state index < -0.39 is 0 Å².